The molecule has 2 fully saturated rings. The lowest BCUT2D eigenvalue weighted by Gasteiger charge is -2.26. The Kier molecular flexibility index (Phi) is 5.23. The Hall–Kier alpha value is -2.08. The first-order chi connectivity index (χ1) is 12.3. The lowest BCUT2D eigenvalue weighted by molar-refractivity contribution is -0.134. The smallest absolute Gasteiger partial charge is 0.254 e. The van der Waals surface area contributed by atoms with E-state index >= 15 is 0 Å². The molecule has 0 radical (unpaired) electrons. The number of rotatable bonds is 3. The highest BCUT2D eigenvalue weighted by Gasteiger charge is 2.38. The molecule has 142 valence electrons. The maximum Gasteiger partial charge on any atom is 0.254 e. The van der Waals surface area contributed by atoms with Crippen LogP contribution in [0.25, 0.3) is 0 Å². The zero-order chi connectivity index (χ0) is 19.0. The number of hydrogen-bond acceptors (Lipinski definition) is 4. The van der Waals surface area contributed by atoms with Crippen LogP contribution < -0.4 is 0 Å². The molecule has 26 heavy (non-hydrogen) atoms. The van der Waals surface area contributed by atoms with Gasteiger partial charge in [0.15, 0.2) is 0 Å². The molecular weight excluding hydrogens is 330 g/mol. The maximum absolute atomic E-state index is 12.8. The van der Waals surface area contributed by atoms with Gasteiger partial charge in [0, 0.05) is 38.3 Å². The van der Waals surface area contributed by atoms with Crippen molar-refractivity contribution in [2.45, 2.75) is 38.8 Å². The molecule has 0 spiro atoms. The lowest BCUT2D eigenvalue weighted by Crippen LogP contribution is -2.41. The number of likely N-dealkylation sites (N-methyl/N-ethyl adjacent to an activating group) is 1. The minimum atomic E-state index is -0.105. The number of hydrogen-bond donors (Lipinski definition) is 1. The molecule has 2 aliphatic heterocycles. The molecule has 1 unspecified atom stereocenters. The molecule has 1 aromatic rings. The number of carbonyl (C=O) groups excluding carboxylic acids is 2. The molecule has 2 saturated heterocycles. The van der Waals surface area contributed by atoms with Gasteiger partial charge in [-0.05, 0) is 51.4 Å². The minimum absolute atomic E-state index is 0.0183. The second-order valence-corrected chi connectivity index (χ2v) is 7.86. The van der Waals surface area contributed by atoms with Crippen molar-refractivity contribution in [1.82, 2.24) is 14.7 Å². The van der Waals surface area contributed by atoms with E-state index in [1.165, 1.54) is 6.07 Å². The molecule has 0 bridgehead atoms. The summed E-state index contributed by atoms with van der Waals surface area (Å²) in [5.41, 5.74) is 1.36. The molecule has 1 N–H and O–H groups in total. The summed E-state index contributed by atoms with van der Waals surface area (Å²) in [5, 5.41) is 9.68. The van der Waals surface area contributed by atoms with Gasteiger partial charge in [0.05, 0.1) is 12.0 Å². The van der Waals surface area contributed by atoms with Crippen LogP contribution in [0, 0.1) is 12.8 Å². The third-order valence-corrected chi connectivity index (χ3v) is 6.03. The van der Waals surface area contributed by atoms with Gasteiger partial charge < -0.3 is 19.8 Å². The molecule has 0 aromatic heterocycles. The van der Waals surface area contributed by atoms with Crippen molar-refractivity contribution in [3.8, 4) is 5.75 Å². The number of benzene rings is 1. The van der Waals surface area contributed by atoms with Crippen LogP contribution in [-0.2, 0) is 4.79 Å². The number of likely N-dealkylation sites (tertiary alicyclic amines) is 2. The topological polar surface area (TPSA) is 64.1 Å². The Bertz CT molecular complexity index is 696. The highest BCUT2D eigenvalue weighted by molar-refractivity contribution is 5.96. The standard InChI is InChI=1S/C20H29N3O3/c1-13-5-6-17(24)10-18(13)20(26)22(4)16-7-8-23(12-16)19(25)15-9-14(2)21(3)11-15/h5-6,10,14-16,24H,7-9,11-12H2,1-4H3/t14-,15+,16?/m1/s1. The van der Waals surface area contributed by atoms with Crippen molar-refractivity contribution >= 4 is 11.8 Å². The average Bonchev–Trinajstić information content (AvgIpc) is 3.23. The first-order valence-corrected chi connectivity index (χ1v) is 9.33. The minimum Gasteiger partial charge on any atom is -0.508 e. The third kappa shape index (κ3) is 3.56. The molecule has 6 nitrogen and oxygen atoms in total. The number of aromatic hydroxyl groups is 1. The van der Waals surface area contributed by atoms with Crippen molar-refractivity contribution in [3.05, 3.63) is 29.3 Å². The molecule has 3 rings (SSSR count). The van der Waals surface area contributed by atoms with Gasteiger partial charge in [-0.3, -0.25) is 9.59 Å². The third-order valence-electron chi connectivity index (χ3n) is 6.03. The van der Waals surface area contributed by atoms with Crippen LogP contribution in [0.1, 0.15) is 35.7 Å². The Morgan fingerprint density at radius 3 is 2.65 bits per heavy atom. The molecule has 2 amide bonds. The quantitative estimate of drug-likeness (QED) is 0.892. The van der Waals surface area contributed by atoms with Crippen LogP contribution in [-0.4, -0.2) is 77.4 Å². The number of phenols is 1. The van der Waals surface area contributed by atoms with Crippen LogP contribution in [0.2, 0.25) is 0 Å². The molecule has 3 atom stereocenters. The van der Waals surface area contributed by atoms with E-state index in [0.717, 1.165) is 24.9 Å². The fraction of sp³-hybridized carbons (Fsp3) is 0.600. The number of nitrogens with zero attached hydrogens (tertiary/aromatic N) is 3. The summed E-state index contributed by atoms with van der Waals surface area (Å²) in [6.07, 6.45) is 1.71. The second-order valence-electron chi connectivity index (χ2n) is 7.86. The van der Waals surface area contributed by atoms with Crippen LogP contribution >= 0.6 is 0 Å². The van der Waals surface area contributed by atoms with E-state index in [1.54, 1.807) is 24.1 Å². The van der Waals surface area contributed by atoms with Gasteiger partial charge in [0.2, 0.25) is 5.91 Å². The largest absolute Gasteiger partial charge is 0.508 e. The van der Waals surface area contributed by atoms with Gasteiger partial charge in [-0.2, -0.15) is 0 Å². The number of amides is 2. The van der Waals surface area contributed by atoms with Crippen molar-refractivity contribution in [3.63, 3.8) is 0 Å². The van der Waals surface area contributed by atoms with E-state index in [4.69, 9.17) is 0 Å². The van der Waals surface area contributed by atoms with Gasteiger partial charge in [0.25, 0.3) is 5.91 Å². The first kappa shape index (κ1) is 18.7. The van der Waals surface area contributed by atoms with Gasteiger partial charge >= 0.3 is 0 Å². The van der Waals surface area contributed by atoms with Crippen LogP contribution in [0.3, 0.4) is 0 Å². The van der Waals surface area contributed by atoms with Crippen molar-refractivity contribution in [2.75, 3.05) is 33.7 Å². The SMILES string of the molecule is Cc1ccc(O)cc1C(=O)N(C)C1CCN(C(=O)[C@H]2C[C@@H](C)N(C)C2)C1. The van der Waals surface area contributed by atoms with Crippen LogP contribution in [0.15, 0.2) is 18.2 Å². The average molecular weight is 359 g/mol. The van der Waals surface area contributed by atoms with Crippen LogP contribution in [0.5, 0.6) is 5.75 Å². The molecule has 0 saturated carbocycles. The Morgan fingerprint density at radius 2 is 2.00 bits per heavy atom. The summed E-state index contributed by atoms with van der Waals surface area (Å²) in [5.74, 6) is 0.281. The summed E-state index contributed by atoms with van der Waals surface area (Å²) >= 11 is 0. The van der Waals surface area contributed by atoms with Gasteiger partial charge in [-0.15, -0.1) is 0 Å². The van der Waals surface area contributed by atoms with Crippen molar-refractivity contribution in [2.24, 2.45) is 5.92 Å². The molecule has 2 heterocycles. The zero-order valence-corrected chi connectivity index (χ0v) is 16.1. The summed E-state index contributed by atoms with van der Waals surface area (Å²) < 4.78 is 0. The van der Waals surface area contributed by atoms with E-state index in [9.17, 15) is 14.7 Å². The number of carbonyl (C=O) groups is 2. The highest BCUT2D eigenvalue weighted by Crippen LogP contribution is 2.26. The van der Waals surface area contributed by atoms with E-state index < -0.39 is 0 Å². The molecule has 1 aromatic carbocycles. The maximum atomic E-state index is 12.8. The van der Waals surface area contributed by atoms with Gasteiger partial charge in [-0.25, -0.2) is 0 Å². The lowest BCUT2D eigenvalue weighted by atomic mass is 10.0. The molecule has 0 aliphatic carbocycles. The first-order valence-electron chi connectivity index (χ1n) is 9.33. The highest BCUT2D eigenvalue weighted by atomic mass is 16.3. The second kappa shape index (κ2) is 7.27. The van der Waals surface area contributed by atoms with Crippen LogP contribution in [0.4, 0.5) is 0 Å². The summed E-state index contributed by atoms with van der Waals surface area (Å²) in [7, 11) is 3.85. The fourth-order valence-electron chi connectivity index (χ4n) is 4.09. The normalized spacial score (nSPS) is 26.3. The Labute approximate surface area is 155 Å². The van der Waals surface area contributed by atoms with Crippen molar-refractivity contribution < 1.29 is 14.7 Å². The number of phenolic OH excluding ortho intramolecular Hbond substituents is 1. The monoisotopic (exact) mass is 359 g/mol. The van der Waals surface area contributed by atoms with Gasteiger partial charge in [-0.1, -0.05) is 6.07 Å². The van der Waals surface area contributed by atoms with Crippen molar-refractivity contribution in [1.29, 1.82) is 0 Å². The summed E-state index contributed by atoms with van der Waals surface area (Å²) in [6.45, 7) is 6.13. The molecular formula is C20H29N3O3. The molecule has 2 aliphatic rings. The fourth-order valence-corrected chi connectivity index (χ4v) is 4.09. The van der Waals surface area contributed by atoms with E-state index in [-0.39, 0.29) is 29.5 Å². The number of aryl methyl sites for hydroxylation is 1. The molecule has 6 heteroatoms. The summed E-state index contributed by atoms with van der Waals surface area (Å²) in [6, 6.07) is 5.31. The van der Waals surface area contributed by atoms with E-state index in [0.29, 0.717) is 24.7 Å². The summed E-state index contributed by atoms with van der Waals surface area (Å²) in [4.78, 5) is 31.5. The Morgan fingerprint density at radius 1 is 1.27 bits per heavy atom. The van der Waals surface area contributed by atoms with Gasteiger partial charge in [0.1, 0.15) is 5.75 Å². The van der Waals surface area contributed by atoms with E-state index in [1.807, 2.05) is 11.8 Å². The predicted molar refractivity (Wildman–Crippen MR) is 100 cm³/mol. The van der Waals surface area contributed by atoms with E-state index in [2.05, 4.69) is 18.9 Å². The zero-order valence-electron chi connectivity index (χ0n) is 16.1. The Balaban J connectivity index is 1.64. The predicted octanol–water partition coefficient (Wildman–Crippen LogP) is 1.71.